The molecule has 3 amide bonds. The Kier molecular flexibility index (Phi) is 5.62. The third-order valence-corrected chi connectivity index (χ3v) is 5.56. The molecule has 2 N–H and O–H groups in total. The highest BCUT2D eigenvalue weighted by molar-refractivity contribution is 7.99. The van der Waals surface area contributed by atoms with Crippen LogP contribution in [-0.2, 0) is 4.79 Å². The van der Waals surface area contributed by atoms with E-state index >= 15 is 0 Å². The molecule has 0 saturated carbocycles. The second-order valence-corrected chi connectivity index (χ2v) is 7.65. The van der Waals surface area contributed by atoms with Crippen LogP contribution in [0, 0.1) is 13.8 Å². The van der Waals surface area contributed by atoms with E-state index in [0.29, 0.717) is 22.3 Å². The van der Waals surface area contributed by atoms with Crippen molar-refractivity contribution >= 4 is 29.4 Å². The molecule has 0 aliphatic carbocycles. The van der Waals surface area contributed by atoms with Crippen molar-refractivity contribution in [3.63, 3.8) is 0 Å². The van der Waals surface area contributed by atoms with Crippen LogP contribution in [0.5, 0.6) is 11.5 Å². The second kappa shape index (κ2) is 8.50. The van der Waals surface area contributed by atoms with Crippen molar-refractivity contribution < 1.29 is 19.1 Å². The number of aryl methyl sites for hydroxylation is 2. The number of anilines is 1. The molecule has 30 heavy (non-hydrogen) atoms. The smallest absolute Gasteiger partial charge is 0.325 e. The molecule has 1 aliphatic rings. The highest BCUT2D eigenvalue weighted by Gasteiger charge is 2.16. The van der Waals surface area contributed by atoms with E-state index in [1.165, 1.54) is 22.9 Å². The van der Waals surface area contributed by atoms with Crippen LogP contribution in [0.15, 0.2) is 53.9 Å². The van der Waals surface area contributed by atoms with Gasteiger partial charge in [0.25, 0.3) is 0 Å². The molecule has 0 bridgehead atoms. The number of urea groups is 1. The largest absolute Gasteiger partial charge is 0.454 e. The number of hydrogen-bond acceptors (Lipinski definition) is 6. The van der Waals surface area contributed by atoms with Gasteiger partial charge in [0.05, 0.1) is 5.75 Å². The van der Waals surface area contributed by atoms with Gasteiger partial charge in [-0.05, 0) is 49.2 Å². The standard InChI is InChI=1S/C21H20N4O4S/c1-13-3-5-16(9-14(13)2)25-8-7-22-21(25)30-11-19(26)24-20(27)23-15-4-6-17-18(10-15)29-12-28-17/h3-10H,11-12H2,1-2H3,(H2,23,24,26,27). The van der Waals surface area contributed by atoms with Gasteiger partial charge in [-0.2, -0.15) is 0 Å². The minimum Gasteiger partial charge on any atom is -0.454 e. The van der Waals surface area contributed by atoms with E-state index in [-0.39, 0.29) is 12.5 Å². The lowest BCUT2D eigenvalue weighted by Crippen LogP contribution is -2.35. The fraction of sp³-hybridized carbons (Fsp3) is 0.190. The Hall–Kier alpha value is -3.46. The lowest BCUT2D eigenvalue weighted by atomic mass is 10.1. The summed E-state index contributed by atoms with van der Waals surface area (Å²) in [7, 11) is 0. The van der Waals surface area contributed by atoms with Gasteiger partial charge in [0, 0.05) is 29.8 Å². The molecule has 1 aromatic heterocycles. The number of rotatable bonds is 5. The monoisotopic (exact) mass is 424 g/mol. The Balaban J connectivity index is 1.32. The molecule has 0 atom stereocenters. The maximum Gasteiger partial charge on any atom is 0.325 e. The van der Waals surface area contributed by atoms with Crippen molar-refractivity contribution in [2.45, 2.75) is 19.0 Å². The van der Waals surface area contributed by atoms with Crippen molar-refractivity contribution in [2.75, 3.05) is 17.9 Å². The van der Waals surface area contributed by atoms with E-state index in [2.05, 4.69) is 35.5 Å². The van der Waals surface area contributed by atoms with Crippen LogP contribution in [0.3, 0.4) is 0 Å². The SMILES string of the molecule is Cc1ccc(-n2ccnc2SCC(=O)NC(=O)Nc2ccc3c(c2)OCO3)cc1C. The maximum absolute atomic E-state index is 12.2. The molecule has 4 rings (SSSR count). The molecular weight excluding hydrogens is 404 g/mol. The van der Waals surface area contributed by atoms with Crippen LogP contribution in [0.4, 0.5) is 10.5 Å². The zero-order valence-electron chi connectivity index (χ0n) is 16.5. The van der Waals surface area contributed by atoms with Crippen LogP contribution < -0.4 is 20.1 Å². The van der Waals surface area contributed by atoms with Crippen molar-refractivity contribution in [3.05, 3.63) is 59.9 Å². The number of imide groups is 1. The van der Waals surface area contributed by atoms with Gasteiger partial charge in [-0.25, -0.2) is 9.78 Å². The summed E-state index contributed by atoms with van der Waals surface area (Å²) in [5.74, 6) is 0.796. The third-order valence-electron chi connectivity index (χ3n) is 4.59. The lowest BCUT2D eigenvalue weighted by molar-refractivity contribution is -0.117. The van der Waals surface area contributed by atoms with Gasteiger partial charge in [-0.3, -0.25) is 14.7 Å². The first-order chi connectivity index (χ1) is 14.5. The predicted molar refractivity (Wildman–Crippen MR) is 113 cm³/mol. The van der Waals surface area contributed by atoms with E-state index < -0.39 is 11.9 Å². The summed E-state index contributed by atoms with van der Waals surface area (Å²) in [6.07, 6.45) is 3.53. The van der Waals surface area contributed by atoms with Crippen molar-refractivity contribution in [1.29, 1.82) is 0 Å². The third kappa shape index (κ3) is 4.41. The first kappa shape index (κ1) is 19.8. The number of aromatic nitrogens is 2. The number of amides is 3. The fourth-order valence-electron chi connectivity index (χ4n) is 2.90. The van der Waals surface area contributed by atoms with Gasteiger partial charge in [0.2, 0.25) is 12.7 Å². The number of imidazole rings is 1. The normalized spacial score (nSPS) is 11.9. The Morgan fingerprint density at radius 2 is 1.93 bits per heavy atom. The second-order valence-electron chi connectivity index (χ2n) is 6.71. The minimum atomic E-state index is -0.614. The number of ether oxygens (including phenoxy) is 2. The molecular formula is C21H20N4O4S. The summed E-state index contributed by atoms with van der Waals surface area (Å²) in [6.45, 7) is 4.26. The predicted octanol–water partition coefficient (Wildman–Crippen LogP) is 3.66. The first-order valence-electron chi connectivity index (χ1n) is 9.24. The van der Waals surface area contributed by atoms with E-state index in [9.17, 15) is 9.59 Å². The molecule has 3 aromatic rings. The Bertz CT molecular complexity index is 1110. The average Bonchev–Trinajstić information content (AvgIpc) is 3.37. The number of fused-ring (bicyclic) bond motifs is 1. The minimum absolute atomic E-state index is 0.0520. The molecule has 0 spiro atoms. The molecule has 0 saturated heterocycles. The molecule has 8 nitrogen and oxygen atoms in total. The topological polar surface area (TPSA) is 94.5 Å². The van der Waals surface area contributed by atoms with Gasteiger partial charge >= 0.3 is 6.03 Å². The number of thioether (sulfide) groups is 1. The summed E-state index contributed by atoms with van der Waals surface area (Å²) in [5.41, 5.74) is 3.86. The van der Waals surface area contributed by atoms with Gasteiger partial charge < -0.3 is 14.8 Å². The molecule has 1 aliphatic heterocycles. The number of nitrogens with one attached hydrogen (secondary N) is 2. The molecule has 154 valence electrons. The molecule has 2 heterocycles. The van der Waals surface area contributed by atoms with E-state index in [0.717, 1.165) is 5.69 Å². The highest BCUT2D eigenvalue weighted by atomic mass is 32.2. The number of carbonyl (C=O) groups is 2. The lowest BCUT2D eigenvalue weighted by Gasteiger charge is -2.10. The maximum atomic E-state index is 12.2. The van der Waals surface area contributed by atoms with E-state index in [1.807, 2.05) is 22.9 Å². The average molecular weight is 424 g/mol. The van der Waals surface area contributed by atoms with Crippen LogP contribution >= 0.6 is 11.8 Å². The van der Waals surface area contributed by atoms with Crippen molar-refractivity contribution in [2.24, 2.45) is 0 Å². The Morgan fingerprint density at radius 1 is 1.10 bits per heavy atom. The van der Waals surface area contributed by atoms with Crippen LogP contribution in [0.25, 0.3) is 5.69 Å². The molecule has 0 fully saturated rings. The summed E-state index contributed by atoms with van der Waals surface area (Å²) < 4.78 is 12.4. The zero-order valence-corrected chi connectivity index (χ0v) is 17.3. The van der Waals surface area contributed by atoms with Crippen LogP contribution in [-0.4, -0.2) is 34.0 Å². The summed E-state index contributed by atoms with van der Waals surface area (Å²) in [4.78, 5) is 28.6. The fourth-order valence-corrected chi connectivity index (χ4v) is 3.67. The number of carbonyl (C=O) groups excluding carboxylic acids is 2. The molecule has 2 aromatic carbocycles. The molecule has 0 radical (unpaired) electrons. The highest BCUT2D eigenvalue weighted by Crippen LogP contribution is 2.34. The van der Waals surface area contributed by atoms with Crippen LogP contribution in [0.2, 0.25) is 0 Å². The van der Waals surface area contributed by atoms with Gasteiger partial charge in [0.15, 0.2) is 16.7 Å². The number of nitrogens with zero attached hydrogens (tertiary/aromatic N) is 2. The van der Waals surface area contributed by atoms with Gasteiger partial charge in [0.1, 0.15) is 0 Å². The first-order valence-corrected chi connectivity index (χ1v) is 10.2. The Labute approximate surface area is 177 Å². The van der Waals surface area contributed by atoms with E-state index in [4.69, 9.17) is 9.47 Å². The Morgan fingerprint density at radius 3 is 2.77 bits per heavy atom. The summed E-state index contributed by atoms with van der Waals surface area (Å²) >= 11 is 1.25. The van der Waals surface area contributed by atoms with Gasteiger partial charge in [-0.15, -0.1) is 0 Å². The summed E-state index contributed by atoms with van der Waals surface area (Å²) in [5, 5.41) is 5.59. The molecule has 9 heteroatoms. The zero-order chi connectivity index (χ0) is 21.1. The van der Waals surface area contributed by atoms with Gasteiger partial charge in [-0.1, -0.05) is 17.8 Å². The van der Waals surface area contributed by atoms with Crippen molar-refractivity contribution in [1.82, 2.24) is 14.9 Å². The summed E-state index contributed by atoms with van der Waals surface area (Å²) in [6, 6.07) is 10.5. The number of benzene rings is 2. The molecule has 0 unspecified atom stereocenters. The van der Waals surface area contributed by atoms with Crippen LogP contribution in [0.1, 0.15) is 11.1 Å². The van der Waals surface area contributed by atoms with Crippen molar-refractivity contribution in [3.8, 4) is 17.2 Å². The quantitative estimate of drug-likeness (QED) is 0.607. The number of hydrogen-bond donors (Lipinski definition) is 2. The van der Waals surface area contributed by atoms with E-state index in [1.54, 1.807) is 24.4 Å².